The first-order chi connectivity index (χ1) is 9.81. The van der Waals surface area contributed by atoms with E-state index in [4.69, 9.17) is 14.2 Å². The summed E-state index contributed by atoms with van der Waals surface area (Å²) in [5, 5.41) is 3.43. The zero-order valence-corrected chi connectivity index (χ0v) is 12.4. The summed E-state index contributed by atoms with van der Waals surface area (Å²) in [6.07, 6.45) is 2.64. The van der Waals surface area contributed by atoms with Gasteiger partial charge in [0.05, 0.1) is 6.61 Å². The third kappa shape index (κ3) is 4.39. The molecule has 1 aliphatic rings. The van der Waals surface area contributed by atoms with Gasteiger partial charge >= 0.3 is 0 Å². The Hall–Kier alpha value is -1.26. The average molecular weight is 279 g/mol. The lowest BCUT2D eigenvalue weighted by Crippen LogP contribution is -2.37. The van der Waals surface area contributed by atoms with Gasteiger partial charge in [0, 0.05) is 19.6 Å². The number of ether oxygens (including phenoxy) is 3. The van der Waals surface area contributed by atoms with Gasteiger partial charge in [0.2, 0.25) is 0 Å². The highest BCUT2D eigenvalue weighted by atomic mass is 16.5. The molecule has 0 amide bonds. The predicted molar refractivity (Wildman–Crippen MR) is 79.5 cm³/mol. The first kappa shape index (κ1) is 15.1. The molecule has 4 nitrogen and oxygen atoms in total. The Labute approximate surface area is 121 Å². The molecule has 0 radical (unpaired) electrons. The number of benzene rings is 1. The predicted octanol–water partition coefficient (Wildman–Crippen LogP) is 2.48. The van der Waals surface area contributed by atoms with E-state index in [1.165, 1.54) is 12.8 Å². The highest BCUT2D eigenvalue weighted by Gasteiger charge is 2.22. The summed E-state index contributed by atoms with van der Waals surface area (Å²) in [5.41, 5.74) is 0. The Balaban J connectivity index is 1.93. The van der Waals surface area contributed by atoms with Gasteiger partial charge in [-0.3, -0.25) is 0 Å². The standard InChI is InChI=1S/C16H25NO3/c1-13(14-6-5-9-17-12-14)20-16-8-4-3-7-15(16)19-11-10-18-2/h3-4,7-8,13-14,17H,5-6,9-12H2,1-2H3. The molecule has 0 aliphatic carbocycles. The van der Waals surface area contributed by atoms with Crippen LogP contribution in [0.4, 0.5) is 0 Å². The van der Waals surface area contributed by atoms with Crippen LogP contribution >= 0.6 is 0 Å². The summed E-state index contributed by atoms with van der Waals surface area (Å²) in [4.78, 5) is 0. The second-order valence-corrected chi connectivity index (χ2v) is 5.22. The largest absolute Gasteiger partial charge is 0.487 e. The van der Waals surface area contributed by atoms with Gasteiger partial charge in [-0.2, -0.15) is 0 Å². The van der Waals surface area contributed by atoms with Crippen molar-refractivity contribution in [2.45, 2.75) is 25.9 Å². The number of para-hydroxylation sites is 2. The molecule has 0 saturated carbocycles. The van der Waals surface area contributed by atoms with Gasteiger partial charge in [-0.05, 0) is 38.4 Å². The molecule has 112 valence electrons. The maximum atomic E-state index is 6.11. The van der Waals surface area contributed by atoms with E-state index >= 15 is 0 Å². The van der Waals surface area contributed by atoms with Crippen LogP contribution in [0.3, 0.4) is 0 Å². The van der Waals surface area contributed by atoms with Gasteiger partial charge in [-0.15, -0.1) is 0 Å². The quantitative estimate of drug-likeness (QED) is 0.778. The van der Waals surface area contributed by atoms with Crippen molar-refractivity contribution in [3.8, 4) is 11.5 Å². The molecule has 1 fully saturated rings. The molecule has 2 rings (SSSR count). The second-order valence-electron chi connectivity index (χ2n) is 5.22. The van der Waals surface area contributed by atoms with E-state index < -0.39 is 0 Å². The zero-order chi connectivity index (χ0) is 14.2. The Morgan fingerprint density at radius 2 is 2.05 bits per heavy atom. The first-order valence-corrected chi connectivity index (χ1v) is 7.39. The minimum absolute atomic E-state index is 0.190. The summed E-state index contributed by atoms with van der Waals surface area (Å²) in [6.45, 7) is 5.42. The SMILES string of the molecule is COCCOc1ccccc1OC(C)C1CCCNC1. The third-order valence-corrected chi connectivity index (χ3v) is 3.71. The van der Waals surface area contributed by atoms with Crippen molar-refractivity contribution in [3.63, 3.8) is 0 Å². The van der Waals surface area contributed by atoms with Crippen molar-refractivity contribution in [1.29, 1.82) is 0 Å². The normalized spacial score (nSPS) is 20.4. The topological polar surface area (TPSA) is 39.7 Å². The highest BCUT2D eigenvalue weighted by Crippen LogP contribution is 2.29. The number of hydrogen-bond acceptors (Lipinski definition) is 4. The first-order valence-electron chi connectivity index (χ1n) is 7.39. The Morgan fingerprint density at radius 1 is 1.25 bits per heavy atom. The molecular formula is C16H25NO3. The highest BCUT2D eigenvalue weighted by molar-refractivity contribution is 5.39. The molecule has 20 heavy (non-hydrogen) atoms. The van der Waals surface area contributed by atoms with Gasteiger partial charge in [0.25, 0.3) is 0 Å². The van der Waals surface area contributed by atoms with E-state index in [0.717, 1.165) is 24.6 Å². The van der Waals surface area contributed by atoms with Crippen molar-refractivity contribution in [2.75, 3.05) is 33.4 Å². The van der Waals surface area contributed by atoms with Crippen LogP contribution in [0.2, 0.25) is 0 Å². The molecule has 0 spiro atoms. The summed E-state index contributed by atoms with van der Waals surface area (Å²) in [6, 6.07) is 7.85. The van der Waals surface area contributed by atoms with Crippen LogP contribution in [-0.4, -0.2) is 39.5 Å². The van der Waals surface area contributed by atoms with Crippen LogP contribution in [0.15, 0.2) is 24.3 Å². The van der Waals surface area contributed by atoms with Crippen LogP contribution in [0.25, 0.3) is 0 Å². The van der Waals surface area contributed by atoms with Crippen molar-refractivity contribution in [1.82, 2.24) is 5.32 Å². The van der Waals surface area contributed by atoms with Gasteiger partial charge < -0.3 is 19.5 Å². The number of nitrogens with one attached hydrogen (secondary N) is 1. The summed E-state index contributed by atoms with van der Waals surface area (Å²) >= 11 is 0. The third-order valence-electron chi connectivity index (χ3n) is 3.71. The van der Waals surface area contributed by atoms with Gasteiger partial charge in [-0.25, -0.2) is 0 Å². The van der Waals surface area contributed by atoms with E-state index in [0.29, 0.717) is 19.1 Å². The minimum atomic E-state index is 0.190. The fourth-order valence-electron chi connectivity index (χ4n) is 2.48. The molecule has 1 heterocycles. The van der Waals surface area contributed by atoms with Crippen LogP contribution < -0.4 is 14.8 Å². The average Bonchev–Trinajstić information content (AvgIpc) is 2.50. The lowest BCUT2D eigenvalue weighted by atomic mass is 9.94. The van der Waals surface area contributed by atoms with Gasteiger partial charge in [-0.1, -0.05) is 12.1 Å². The lowest BCUT2D eigenvalue weighted by molar-refractivity contribution is 0.117. The van der Waals surface area contributed by atoms with Crippen LogP contribution in [0.5, 0.6) is 11.5 Å². The van der Waals surface area contributed by atoms with Gasteiger partial charge in [0.15, 0.2) is 11.5 Å². The second kappa shape index (κ2) is 8.12. The number of hydrogen-bond donors (Lipinski definition) is 1. The molecule has 0 bridgehead atoms. The molecule has 1 aromatic rings. The molecule has 1 N–H and O–H groups in total. The van der Waals surface area contributed by atoms with E-state index in [2.05, 4.69) is 12.2 Å². The van der Waals surface area contributed by atoms with E-state index in [1.54, 1.807) is 7.11 Å². The van der Waals surface area contributed by atoms with Gasteiger partial charge in [0.1, 0.15) is 12.7 Å². The van der Waals surface area contributed by atoms with Crippen molar-refractivity contribution < 1.29 is 14.2 Å². The van der Waals surface area contributed by atoms with Crippen molar-refractivity contribution in [3.05, 3.63) is 24.3 Å². The number of piperidine rings is 1. The molecule has 1 saturated heterocycles. The molecule has 1 aromatic carbocycles. The summed E-state index contributed by atoms with van der Waals surface area (Å²) in [5.74, 6) is 2.18. The Bertz CT molecular complexity index is 391. The summed E-state index contributed by atoms with van der Waals surface area (Å²) in [7, 11) is 1.67. The van der Waals surface area contributed by atoms with E-state index in [-0.39, 0.29) is 6.10 Å². The fraction of sp³-hybridized carbons (Fsp3) is 0.625. The summed E-state index contributed by atoms with van der Waals surface area (Å²) < 4.78 is 16.8. The van der Waals surface area contributed by atoms with Crippen molar-refractivity contribution in [2.24, 2.45) is 5.92 Å². The molecule has 2 atom stereocenters. The lowest BCUT2D eigenvalue weighted by Gasteiger charge is -2.29. The number of rotatable bonds is 7. The van der Waals surface area contributed by atoms with Crippen molar-refractivity contribution >= 4 is 0 Å². The molecular weight excluding hydrogens is 254 g/mol. The number of methoxy groups -OCH3 is 1. The Kier molecular flexibility index (Phi) is 6.15. The maximum Gasteiger partial charge on any atom is 0.161 e. The fourth-order valence-corrected chi connectivity index (χ4v) is 2.48. The molecule has 1 aliphatic heterocycles. The van der Waals surface area contributed by atoms with Crippen LogP contribution in [0, 0.1) is 5.92 Å². The van der Waals surface area contributed by atoms with E-state index in [9.17, 15) is 0 Å². The van der Waals surface area contributed by atoms with Crippen LogP contribution in [0.1, 0.15) is 19.8 Å². The van der Waals surface area contributed by atoms with Crippen LogP contribution in [-0.2, 0) is 4.74 Å². The van der Waals surface area contributed by atoms with E-state index in [1.807, 2.05) is 24.3 Å². The molecule has 0 aromatic heterocycles. The monoisotopic (exact) mass is 279 g/mol. The molecule has 2 unspecified atom stereocenters. The zero-order valence-electron chi connectivity index (χ0n) is 12.4. The Morgan fingerprint density at radius 3 is 2.75 bits per heavy atom. The maximum absolute atomic E-state index is 6.11. The molecule has 4 heteroatoms. The smallest absolute Gasteiger partial charge is 0.161 e. The minimum Gasteiger partial charge on any atom is -0.487 e.